The molecule has 204 valence electrons. The molecule has 8 heteroatoms. The minimum absolute atomic E-state index is 0.171. The summed E-state index contributed by atoms with van der Waals surface area (Å²) in [5.74, 6) is 0.646. The minimum atomic E-state index is -0.756. The third-order valence-electron chi connectivity index (χ3n) is 7.81. The zero-order valence-corrected chi connectivity index (χ0v) is 23.3. The Morgan fingerprint density at radius 3 is 2.82 bits per heavy atom. The smallest absolute Gasteiger partial charge is 0.303 e. The molecule has 2 aromatic carbocycles. The maximum atomic E-state index is 11.4. The quantitative estimate of drug-likeness (QED) is 0.254. The number of rotatable bonds is 12. The first-order valence-corrected chi connectivity index (χ1v) is 14.1. The van der Waals surface area contributed by atoms with Crippen LogP contribution >= 0.6 is 23.2 Å². The van der Waals surface area contributed by atoms with Crippen LogP contribution in [0.3, 0.4) is 0 Å². The molecule has 0 bridgehead atoms. The fraction of sp³-hybridized carbons (Fsp3) is 0.467. The molecule has 1 saturated heterocycles. The summed E-state index contributed by atoms with van der Waals surface area (Å²) in [6.07, 6.45) is 6.24. The number of carbonyl (C=O) groups is 1. The van der Waals surface area contributed by atoms with Gasteiger partial charge in [-0.2, -0.15) is 0 Å². The number of benzene rings is 2. The van der Waals surface area contributed by atoms with Gasteiger partial charge >= 0.3 is 5.97 Å². The molecule has 4 rings (SSSR count). The summed E-state index contributed by atoms with van der Waals surface area (Å²) in [7, 11) is 1.63. The Kier molecular flexibility index (Phi) is 10.3. The van der Waals surface area contributed by atoms with Crippen LogP contribution in [0.4, 0.5) is 0 Å². The van der Waals surface area contributed by atoms with E-state index in [0.717, 1.165) is 73.1 Å². The van der Waals surface area contributed by atoms with E-state index in [1.54, 1.807) is 19.4 Å². The number of aliphatic carboxylic acids is 1. The van der Waals surface area contributed by atoms with Gasteiger partial charge in [-0.1, -0.05) is 35.3 Å². The highest BCUT2D eigenvalue weighted by atomic mass is 35.5. The van der Waals surface area contributed by atoms with Crippen molar-refractivity contribution >= 4 is 40.1 Å². The first-order valence-electron chi connectivity index (χ1n) is 13.3. The van der Waals surface area contributed by atoms with E-state index in [0.29, 0.717) is 28.8 Å². The number of aliphatic hydroxyl groups excluding tert-OH is 1. The molecule has 2 heterocycles. The second-order valence-electron chi connectivity index (χ2n) is 10.2. The Morgan fingerprint density at radius 2 is 2.03 bits per heavy atom. The number of nitrogens with zero attached hydrogens (tertiary/aromatic N) is 2. The average Bonchev–Trinajstić information content (AvgIpc) is 2.92. The van der Waals surface area contributed by atoms with Crippen LogP contribution in [-0.2, 0) is 11.2 Å². The monoisotopic (exact) mass is 558 g/mol. The lowest BCUT2D eigenvalue weighted by Gasteiger charge is -2.39. The normalized spacial score (nSPS) is 18.9. The Hall–Kier alpha value is -2.38. The average molecular weight is 560 g/mol. The molecule has 0 radical (unpaired) electrons. The van der Waals surface area contributed by atoms with Gasteiger partial charge in [0.2, 0.25) is 0 Å². The highest BCUT2D eigenvalue weighted by Crippen LogP contribution is 2.35. The van der Waals surface area contributed by atoms with E-state index in [9.17, 15) is 15.0 Å². The van der Waals surface area contributed by atoms with Crippen LogP contribution in [0, 0.1) is 11.8 Å². The van der Waals surface area contributed by atoms with Crippen molar-refractivity contribution in [2.24, 2.45) is 11.8 Å². The van der Waals surface area contributed by atoms with Gasteiger partial charge in [0, 0.05) is 24.5 Å². The minimum Gasteiger partial charge on any atom is -0.497 e. The van der Waals surface area contributed by atoms with E-state index in [1.807, 2.05) is 36.4 Å². The maximum absolute atomic E-state index is 11.4. The molecule has 0 saturated carbocycles. The number of carboxylic acids is 1. The number of ether oxygens (including phenoxy) is 1. The van der Waals surface area contributed by atoms with Gasteiger partial charge in [-0.15, -0.1) is 0 Å². The number of piperidine rings is 1. The summed E-state index contributed by atoms with van der Waals surface area (Å²) in [5, 5.41) is 22.6. The fourth-order valence-electron chi connectivity index (χ4n) is 5.70. The molecule has 1 fully saturated rings. The Bertz CT molecular complexity index is 1240. The molecular formula is C30H36Cl2N2O4. The predicted molar refractivity (Wildman–Crippen MR) is 152 cm³/mol. The molecule has 3 atom stereocenters. The van der Waals surface area contributed by atoms with Crippen molar-refractivity contribution in [1.29, 1.82) is 0 Å². The summed E-state index contributed by atoms with van der Waals surface area (Å²) in [4.78, 5) is 18.2. The standard InChI is InChI=1S/C30H36Cl2N2O4/c1-38-23-9-10-27-25(18-23)24(13-15-33-27)28(35)11-7-20-14-17-34(19-22(20)8-12-29(36)37)16-3-5-21-4-2-6-26(31)30(21)32/h2,4,6,9-10,13,15,18,20,22,28,35H,3,5,7-8,11-12,14,16-17,19H2,1H3,(H,36,37)/t20?,22?,28-/m0/s1. The van der Waals surface area contributed by atoms with E-state index in [-0.39, 0.29) is 12.3 Å². The number of aromatic nitrogens is 1. The van der Waals surface area contributed by atoms with Crippen molar-refractivity contribution in [2.75, 3.05) is 26.7 Å². The van der Waals surface area contributed by atoms with Gasteiger partial charge < -0.3 is 19.8 Å². The molecule has 1 aliphatic rings. The van der Waals surface area contributed by atoms with Gasteiger partial charge in [0.1, 0.15) is 5.75 Å². The number of carboxylic acid groups (broad SMARTS) is 1. The molecule has 2 unspecified atom stereocenters. The van der Waals surface area contributed by atoms with Gasteiger partial charge in [-0.05, 0) is 105 Å². The number of aryl methyl sites for hydroxylation is 1. The molecule has 2 N–H and O–H groups in total. The van der Waals surface area contributed by atoms with Crippen LogP contribution in [0.2, 0.25) is 10.0 Å². The zero-order chi connectivity index (χ0) is 27.1. The molecule has 38 heavy (non-hydrogen) atoms. The van der Waals surface area contributed by atoms with Crippen molar-refractivity contribution in [1.82, 2.24) is 9.88 Å². The Morgan fingerprint density at radius 1 is 1.18 bits per heavy atom. The van der Waals surface area contributed by atoms with Gasteiger partial charge in [-0.3, -0.25) is 9.78 Å². The Labute approximate surface area is 234 Å². The predicted octanol–water partition coefficient (Wildman–Crippen LogP) is 6.80. The SMILES string of the molecule is COc1ccc2nccc([C@@H](O)CCC3CCN(CCCc4cccc(Cl)c4Cl)CC3CCC(=O)O)c2c1. The second kappa shape index (κ2) is 13.6. The van der Waals surface area contributed by atoms with E-state index in [4.69, 9.17) is 27.9 Å². The number of hydrogen-bond donors (Lipinski definition) is 2. The molecule has 0 amide bonds. The van der Waals surface area contributed by atoms with Crippen LogP contribution in [0.15, 0.2) is 48.7 Å². The van der Waals surface area contributed by atoms with Gasteiger partial charge in [-0.25, -0.2) is 0 Å². The van der Waals surface area contributed by atoms with Gasteiger partial charge in [0.05, 0.1) is 28.8 Å². The molecule has 1 aromatic heterocycles. The number of methoxy groups -OCH3 is 1. The molecule has 1 aliphatic heterocycles. The summed E-state index contributed by atoms with van der Waals surface area (Å²) < 4.78 is 5.37. The van der Waals surface area contributed by atoms with Gasteiger partial charge in [0.25, 0.3) is 0 Å². The van der Waals surface area contributed by atoms with Crippen LogP contribution in [0.5, 0.6) is 5.75 Å². The molecule has 0 spiro atoms. The first kappa shape index (κ1) is 28.6. The molecule has 3 aromatic rings. The lowest BCUT2D eigenvalue weighted by Crippen LogP contribution is -2.41. The first-order chi connectivity index (χ1) is 18.4. The summed E-state index contributed by atoms with van der Waals surface area (Å²) >= 11 is 12.5. The van der Waals surface area contributed by atoms with E-state index < -0.39 is 12.1 Å². The second-order valence-corrected chi connectivity index (χ2v) is 11.0. The Balaban J connectivity index is 1.36. The van der Waals surface area contributed by atoms with Crippen LogP contribution in [0.25, 0.3) is 10.9 Å². The number of likely N-dealkylation sites (tertiary alicyclic amines) is 1. The maximum Gasteiger partial charge on any atom is 0.303 e. The number of halogens is 2. The van der Waals surface area contributed by atoms with Crippen molar-refractivity contribution in [3.63, 3.8) is 0 Å². The summed E-state index contributed by atoms with van der Waals surface area (Å²) in [6.45, 7) is 2.79. The lowest BCUT2D eigenvalue weighted by atomic mass is 9.79. The fourth-order valence-corrected chi connectivity index (χ4v) is 6.12. The van der Waals surface area contributed by atoms with Crippen LogP contribution < -0.4 is 4.74 Å². The topological polar surface area (TPSA) is 82.9 Å². The van der Waals surface area contributed by atoms with E-state index >= 15 is 0 Å². The third kappa shape index (κ3) is 7.38. The molecular weight excluding hydrogens is 523 g/mol. The number of hydrogen-bond acceptors (Lipinski definition) is 5. The largest absolute Gasteiger partial charge is 0.497 e. The number of aliphatic hydroxyl groups is 1. The van der Waals surface area contributed by atoms with E-state index in [1.165, 1.54) is 0 Å². The highest BCUT2D eigenvalue weighted by molar-refractivity contribution is 6.42. The summed E-state index contributed by atoms with van der Waals surface area (Å²) in [5.41, 5.74) is 2.74. The van der Waals surface area contributed by atoms with Crippen LogP contribution in [0.1, 0.15) is 55.8 Å². The number of fused-ring (bicyclic) bond motifs is 1. The van der Waals surface area contributed by atoms with Crippen molar-refractivity contribution < 1.29 is 19.7 Å². The summed E-state index contributed by atoms with van der Waals surface area (Å²) in [6, 6.07) is 13.3. The van der Waals surface area contributed by atoms with Crippen molar-refractivity contribution in [3.8, 4) is 5.75 Å². The zero-order valence-electron chi connectivity index (χ0n) is 21.8. The van der Waals surface area contributed by atoms with E-state index in [2.05, 4.69) is 9.88 Å². The van der Waals surface area contributed by atoms with Crippen molar-refractivity contribution in [2.45, 2.75) is 51.0 Å². The van der Waals surface area contributed by atoms with Crippen molar-refractivity contribution in [3.05, 3.63) is 69.8 Å². The van der Waals surface area contributed by atoms with Gasteiger partial charge in [0.15, 0.2) is 0 Å². The molecule has 0 aliphatic carbocycles. The highest BCUT2D eigenvalue weighted by Gasteiger charge is 2.30. The number of pyridine rings is 1. The molecule has 6 nitrogen and oxygen atoms in total. The van der Waals surface area contributed by atoms with Crippen LogP contribution in [-0.4, -0.2) is 52.8 Å². The lowest BCUT2D eigenvalue weighted by molar-refractivity contribution is -0.137. The third-order valence-corrected chi connectivity index (χ3v) is 8.67.